The minimum atomic E-state index is -1.03. The van der Waals surface area contributed by atoms with E-state index in [0.717, 1.165) is 61.2 Å². The van der Waals surface area contributed by atoms with E-state index in [1.807, 2.05) is 30.3 Å². The van der Waals surface area contributed by atoms with Crippen molar-refractivity contribution in [3.05, 3.63) is 82.4 Å². The molecule has 1 N–H and O–H groups in total. The minimum absolute atomic E-state index is 0.0661. The van der Waals surface area contributed by atoms with Gasteiger partial charge in [-0.05, 0) is 74.9 Å². The molecule has 0 fully saturated rings. The molecule has 4 nitrogen and oxygen atoms in total. The Hall–Kier alpha value is -4.75. The Balaban J connectivity index is 1.84. The second kappa shape index (κ2) is 16.0. The smallest absolute Gasteiger partial charge is 0.148 e. The molecular weight excluding hydrogens is 587 g/mol. The predicted octanol–water partition coefficient (Wildman–Crippen LogP) is 8.02. The van der Waals surface area contributed by atoms with E-state index >= 15 is 0 Å². The van der Waals surface area contributed by atoms with Gasteiger partial charge in [0.2, 0.25) is 0 Å². The molecule has 3 aromatic heterocycles. The van der Waals surface area contributed by atoms with Crippen molar-refractivity contribution in [3.8, 4) is 65.6 Å². The van der Waals surface area contributed by atoms with Gasteiger partial charge in [0, 0.05) is 16.0 Å². The molecule has 3 rings (SSSR count). The van der Waals surface area contributed by atoms with Crippen molar-refractivity contribution in [2.45, 2.75) is 59.0 Å². The summed E-state index contributed by atoms with van der Waals surface area (Å²) in [5, 5.41) is 37.4. The first-order valence-corrected chi connectivity index (χ1v) is 15.9. The molecule has 0 aliphatic heterocycles. The second-order valence-electron chi connectivity index (χ2n) is 9.59. The molecule has 0 atom stereocenters. The Bertz CT molecular complexity index is 1920. The standard InChI is InChI=1S/C36H27N3OS3/c1-5-7-26(27(8-6-2)10-12-30-16-18-33(42-30)21-22-36(3,4)40)9-11-29-13-14-31(41-29)15-17-32-19-20-35(43-32)34(25-39)28(23-37)24-38/h13-14,16,18-20,40H,5-8H2,1-4H3/b27-26+. The lowest BCUT2D eigenvalue weighted by Crippen LogP contribution is -2.14. The molecule has 0 aliphatic carbocycles. The van der Waals surface area contributed by atoms with Crippen molar-refractivity contribution in [3.63, 3.8) is 0 Å². The van der Waals surface area contributed by atoms with Crippen molar-refractivity contribution >= 4 is 39.6 Å². The Kier molecular flexibility index (Phi) is 12.2. The van der Waals surface area contributed by atoms with E-state index in [-0.39, 0.29) is 11.1 Å². The van der Waals surface area contributed by atoms with Gasteiger partial charge in [0.1, 0.15) is 29.4 Å². The van der Waals surface area contributed by atoms with E-state index in [9.17, 15) is 10.4 Å². The highest BCUT2D eigenvalue weighted by atomic mass is 32.1. The zero-order chi connectivity index (χ0) is 31.2. The van der Waals surface area contributed by atoms with Crippen LogP contribution in [0.2, 0.25) is 0 Å². The Morgan fingerprint density at radius 2 is 1.09 bits per heavy atom. The fourth-order valence-corrected chi connectivity index (χ4v) is 5.83. The number of allylic oxidation sites excluding steroid dienone is 4. The zero-order valence-corrected chi connectivity index (χ0v) is 26.8. The molecular formula is C36H27N3OS3. The van der Waals surface area contributed by atoms with Gasteiger partial charge in [-0.25, -0.2) is 0 Å². The molecule has 0 saturated carbocycles. The van der Waals surface area contributed by atoms with E-state index in [1.165, 1.54) is 34.0 Å². The van der Waals surface area contributed by atoms with Crippen molar-refractivity contribution in [2.75, 3.05) is 0 Å². The number of nitriles is 3. The normalized spacial score (nSPS) is 10.4. The maximum atomic E-state index is 9.85. The summed E-state index contributed by atoms with van der Waals surface area (Å²) in [6.07, 6.45) is 3.63. The van der Waals surface area contributed by atoms with E-state index in [2.05, 4.69) is 61.2 Å². The Morgan fingerprint density at radius 3 is 1.53 bits per heavy atom. The molecule has 0 amide bonds. The minimum Gasteiger partial charge on any atom is -0.378 e. The molecule has 210 valence electrons. The summed E-state index contributed by atoms with van der Waals surface area (Å²) in [6, 6.07) is 16.8. The molecule has 0 aliphatic rings. The lowest BCUT2D eigenvalue weighted by Gasteiger charge is -2.05. The van der Waals surface area contributed by atoms with E-state index in [0.29, 0.717) is 4.88 Å². The van der Waals surface area contributed by atoms with Gasteiger partial charge in [-0.3, -0.25) is 0 Å². The van der Waals surface area contributed by atoms with Gasteiger partial charge in [-0.2, -0.15) is 15.8 Å². The van der Waals surface area contributed by atoms with Crippen LogP contribution in [0.5, 0.6) is 0 Å². The molecule has 0 unspecified atom stereocenters. The molecule has 0 aromatic carbocycles. The molecule has 0 bridgehead atoms. The van der Waals surface area contributed by atoms with E-state index < -0.39 is 5.60 Å². The quantitative estimate of drug-likeness (QED) is 0.233. The third kappa shape index (κ3) is 10.2. The van der Waals surface area contributed by atoms with Crippen molar-refractivity contribution in [2.24, 2.45) is 0 Å². The maximum Gasteiger partial charge on any atom is 0.148 e. The Morgan fingerprint density at radius 1 is 0.651 bits per heavy atom. The van der Waals surface area contributed by atoms with Crippen LogP contribution in [0.25, 0.3) is 5.57 Å². The summed E-state index contributed by atoms with van der Waals surface area (Å²) >= 11 is 4.29. The predicted molar refractivity (Wildman–Crippen MR) is 176 cm³/mol. The van der Waals surface area contributed by atoms with Gasteiger partial charge in [-0.15, -0.1) is 34.0 Å². The first-order valence-electron chi connectivity index (χ1n) is 13.5. The topological polar surface area (TPSA) is 91.6 Å². The average molecular weight is 614 g/mol. The van der Waals surface area contributed by atoms with Gasteiger partial charge in [-0.1, -0.05) is 62.2 Å². The van der Waals surface area contributed by atoms with Gasteiger partial charge in [0.15, 0.2) is 0 Å². The number of hydrogen-bond donors (Lipinski definition) is 1. The Labute approximate surface area is 266 Å². The van der Waals surface area contributed by atoms with Gasteiger partial charge in [0.25, 0.3) is 0 Å². The van der Waals surface area contributed by atoms with Crippen LogP contribution in [0.4, 0.5) is 0 Å². The molecule has 0 radical (unpaired) electrons. The lowest BCUT2D eigenvalue weighted by molar-refractivity contribution is 0.143. The van der Waals surface area contributed by atoms with Gasteiger partial charge in [0.05, 0.1) is 30.0 Å². The largest absolute Gasteiger partial charge is 0.378 e. The SMILES string of the molecule is CCC/C(C#Cc1ccc(C#Cc2ccc(C(C#N)=C(C#N)C#N)s2)s1)=C(\C#Cc1ccc(C#CC(C)(C)O)s1)CCC. The second-order valence-corrected chi connectivity index (χ2v) is 12.8. The van der Waals surface area contributed by atoms with E-state index in [4.69, 9.17) is 10.5 Å². The van der Waals surface area contributed by atoms with Crippen molar-refractivity contribution in [1.82, 2.24) is 0 Å². The summed E-state index contributed by atoms with van der Waals surface area (Å²) in [4.78, 5) is 4.84. The summed E-state index contributed by atoms with van der Waals surface area (Å²) in [5.41, 5.74) is 0.939. The van der Waals surface area contributed by atoms with Crippen molar-refractivity contribution < 1.29 is 5.11 Å². The van der Waals surface area contributed by atoms with Crippen LogP contribution in [0.15, 0.2) is 53.1 Å². The van der Waals surface area contributed by atoms with Crippen LogP contribution in [0, 0.1) is 81.4 Å². The fourth-order valence-electron chi connectivity index (χ4n) is 3.54. The highest BCUT2D eigenvalue weighted by Gasteiger charge is 2.11. The van der Waals surface area contributed by atoms with Crippen LogP contribution in [-0.2, 0) is 0 Å². The number of aliphatic hydroxyl groups is 1. The molecule has 7 heteroatoms. The third-order valence-electron chi connectivity index (χ3n) is 5.49. The molecule has 0 spiro atoms. The first-order chi connectivity index (χ1) is 20.7. The van der Waals surface area contributed by atoms with Crippen LogP contribution < -0.4 is 0 Å². The van der Waals surface area contributed by atoms with Gasteiger partial charge >= 0.3 is 0 Å². The van der Waals surface area contributed by atoms with E-state index in [1.54, 1.807) is 38.1 Å². The number of thiophene rings is 3. The fraction of sp³-hybridized carbons (Fsp3) is 0.250. The first kappa shape index (κ1) is 32.8. The maximum absolute atomic E-state index is 9.85. The number of rotatable bonds is 5. The zero-order valence-electron chi connectivity index (χ0n) is 24.3. The highest BCUT2D eigenvalue weighted by molar-refractivity contribution is 7.14. The lowest BCUT2D eigenvalue weighted by atomic mass is 10.0. The van der Waals surface area contributed by atoms with Gasteiger partial charge < -0.3 is 5.11 Å². The third-order valence-corrected chi connectivity index (χ3v) is 8.34. The summed E-state index contributed by atoms with van der Waals surface area (Å²) in [6.45, 7) is 7.60. The molecule has 0 saturated heterocycles. The summed E-state index contributed by atoms with van der Waals surface area (Å²) < 4.78 is 0. The number of hydrogen-bond acceptors (Lipinski definition) is 7. The summed E-state index contributed by atoms with van der Waals surface area (Å²) in [7, 11) is 0. The van der Waals surface area contributed by atoms with Crippen LogP contribution in [-0.4, -0.2) is 10.7 Å². The molecule has 43 heavy (non-hydrogen) atoms. The van der Waals surface area contributed by atoms with Crippen molar-refractivity contribution in [1.29, 1.82) is 15.8 Å². The average Bonchev–Trinajstić information content (AvgIpc) is 3.75. The number of nitrogens with zero attached hydrogens (tertiary/aromatic N) is 3. The monoisotopic (exact) mass is 613 g/mol. The van der Waals surface area contributed by atoms with Crippen LogP contribution in [0.3, 0.4) is 0 Å². The molecule has 3 aromatic rings. The summed E-state index contributed by atoms with van der Waals surface area (Å²) in [5.74, 6) is 25.5. The highest BCUT2D eigenvalue weighted by Crippen LogP contribution is 2.26. The van der Waals surface area contributed by atoms with Crippen LogP contribution in [0.1, 0.15) is 82.6 Å². The van der Waals surface area contributed by atoms with Crippen LogP contribution >= 0.6 is 34.0 Å². The molecule has 3 heterocycles.